The van der Waals surface area contributed by atoms with E-state index in [4.69, 9.17) is 18.0 Å². The molecule has 3 nitrogen and oxygen atoms in total. The Kier molecular flexibility index (Phi) is 5.11. The minimum absolute atomic E-state index is 0.00102. The lowest BCUT2D eigenvalue weighted by Crippen LogP contribution is -2.48. The molecule has 2 rings (SSSR count). The predicted octanol–water partition coefficient (Wildman–Crippen LogP) is 2.38. The highest BCUT2D eigenvalue weighted by Gasteiger charge is 2.23. The first-order valence-electron chi connectivity index (χ1n) is 7.14. The summed E-state index contributed by atoms with van der Waals surface area (Å²) in [4.78, 5) is 4.08. The summed E-state index contributed by atoms with van der Waals surface area (Å²) in [5.74, 6) is -0.611. The van der Waals surface area contributed by atoms with Crippen LogP contribution in [-0.4, -0.2) is 42.6 Å². The molecule has 2 N–H and O–H groups in total. The number of hydrogen-bond acceptors (Lipinski definition) is 3. The van der Waals surface area contributed by atoms with E-state index in [1.807, 2.05) is 0 Å². The Balaban J connectivity index is 2.12. The van der Waals surface area contributed by atoms with Crippen LogP contribution in [0.4, 0.5) is 14.5 Å². The lowest BCUT2D eigenvalue weighted by Gasteiger charge is -2.37. The fourth-order valence-electron chi connectivity index (χ4n) is 2.68. The number of hydrogen-bond donors (Lipinski definition) is 1. The number of rotatable bonds is 4. The molecular formula is C15H21F2N3S. The summed E-state index contributed by atoms with van der Waals surface area (Å²) in [5.41, 5.74) is 5.67. The van der Waals surface area contributed by atoms with Gasteiger partial charge >= 0.3 is 0 Å². The van der Waals surface area contributed by atoms with Crippen molar-refractivity contribution in [3.8, 4) is 0 Å². The molecule has 116 valence electrons. The Labute approximate surface area is 129 Å². The van der Waals surface area contributed by atoms with E-state index >= 15 is 0 Å². The van der Waals surface area contributed by atoms with Gasteiger partial charge in [0, 0.05) is 38.3 Å². The summed E-state index contributed by atoms with van der Waals surface area (Å²) >= 11 is 4.76. The van der Waals surface area contributed by atoms with Crippen molar-refractivity contribution in [2.45, 2.75) is 13.8 Å². The van der Waals surface area contributed by atoms with Crippen LogP contribution in [0.25, 0.3) is 0 Å². The Morgan fingerprint density at radius 2 is 1.71 bits per heavy atom. The normalized spacial score (nSPS) is 16.5. The summed E-state index contributed by atoms with van der Waals surface area (Å²) in [7, 11) is 0. The highest BCUT2D eigenvalue weighted by atomic mass is 32.1. The Bertz CT molecular complexity index is 503. The van der Waals surface area contributed by atoms with E-state index in [0.717, 1.165) is 19.6 Å². The van der Waals surface area contributed by atoms with Gasteiger partial charge in [-0.05, 0) is 18.1 Å². The van der Waals surface area contributed by atoms with Crippen molar-refractivity contribution in [3.05, 3.63) is 29.3 Å². The van der Waals surface area contributed by atoms with Crippen LogP contribution in [0.3, 0.4) is 0 Å². The standard InChI is InChI=1S/C15H21F2N3S/c1-10(2)9-19-3-5-20(6-4-19)14-12(16)7-11(15(18)21)8-13(14)17/h7-8,10H,3-6,9H2,1-2H3,(H2,18,21). The van der Waals surface area contributed by atoms with Gasteiger partial charge in [-0.3, -0.25) is 4.90 Å². The molecule has 0 spiro atoms. The summed E-state index contributed by atoms with van der Waals surface area (Å²) in [6.07, 6.45) is 0. The number of halogens is 2. The molecule has 1 aliphatic heterocycles. The third-order valence-corrected chi connectivity index (χ3v) is 3.85. The summed E-state index contributed by atoms with van der Waals surface area (Å²) in [6.45, 7) is 8.21. The number of benzene rings is 1. The fourth-order valence-corrected chi connectivity index (χ4v) is 2.80. The second-order valence-corrected chi connectivity index (χ2v) is 6.27. The maximum Gasteiger partial charge on any atom is 0.150 e. The summed E-state index contributed by atoms with van der Waals surface area (Å²) < 4.78 is 28.3. The van der Waals surface area contributed by atoms with E-state index in [-0.39, 0.29) is 16.2 Å². The van der Waals surface area contributed by atoms with Crippen molar-refractivity contribution >= 4 is 22.9 Å². The quantitative estimate of drug-likeness (QED) is 0.865. The lowest BCUT2D eigenvalue weighted by molar-refractivity contribution is 0.230. The molecule has 1 fully saturated rings. The first-order chi connectivity index (χ1) is 9.88. The van der Waals surface area contributed by atoms with Crippen LogP contribution in [0, 0.1) is 17.6 Å². The zero-order chi connectivity index (χ0) is 15.6. The average molecular weight is 313 g/mol. The first kappa shape index (κ1) is 16.1. The SMILES string of the molecule is CC(C)CN1CCN(c2c(F)cc(C(N)=S)cc2F)CC1. The van der Waals surface area contributed by atoms with Gasteiger partial charge in [0.05, 0.1) is 0 Å². The number of nitrogens with two attached hydrogens (primary N) is 1. The van der Waals surface area contributed by atoms with E-state index in [9.17, 15) is 8.78 Å². The van der Waals surface area contributed by atoms with E-state index in [2.05, 4.69) is 18.7 Å². The minimum Gasteiger partial charge on any atom is -0.389 e. The monoisotopic (exact) mass is 313 g/mol. The summed E-state index contributed by atoms with van der Waals surface area (Å²) in [5, 5.41) is 0. The Hall–Kier alpha value is -1.27. The van der Waals surface area contributed by atoms with Gasteiger partial charge in [0.2, 0.25) is 0 Å². The fraction of sp³-hybridized carbons (Fsp3) is 0.533. The number of piperazine rings is 1. The van der Waals surface area contributed by atoms with Gasteiger partial charge in [-0.15, -0.1) is 0 Å². The third-order valence-electron chi connectivity index (χ3n) is 3.61. The first-order valence-corrected chi connectivity index (χ1v) is 7.55. The molecule has 0 saturated carbocycles. The molecule has 0 unspecified atom stereocenters. The van der Waals surface area contributed by atoms with E-state index in [0.29, 0.717) is 19.0 Å². The van der Waals surface area contributed by atoms with Gasteiger partial charge in [-0.1, -0.05) is 26.1 Å². The van der Waals surface area contributed by atoms with Crippen molar-refractivity contribution in [3.63, 3.8) is 0 Å². The van der Waals surface area contributed by atoms with Gasteiger partial charge in [0.15, 0.2) is 0 Å². The molecule has 0 amide bonds. The average Bonchev–Trinajstić information content (AvgIpc) is 2.39. The van der Waals surface area contributed by atoms with Gasteiger partial charge in [0.25, 0.3) is 0 Å². The largest absolute Gasteiger partial charge is 0.389 e. The zero-order valence-corrected chi connectivity index (χ0v) is 13.2. The minimum atomic E-state index is -0.602. The van der Waals surface area contributed by atoms with Crippen molar-refractivity contribution in [2.24, 2.45) is 11.7 Å². The molecule has 1 aromatic carbocycles. The van der Waals surface area contributed by atoms with Gasteiger partial charge in [-0.25, -0.2) is 8.78 Å². The molecule has 21 heavy (non-hydrogen) atoms. The number of anilines is 1. The Morgan fingerprint density at radius 1 is 1.19 bits per heavy atom. The van der Waals surface area contributed by atoms with Gasteiger partial charge < -0.3 is 10.6 Å². The number of nitrogens with zero attached hydrogens (tertiary/aromatic N) is 2. The summed E-state index contributed by atoms with van der Waals surface area (Å²) in [6, 6.07) is 2.42. The Morgan fingerprint density at radius 3 is 2.14 bits per heavy atom. The lowest BCUT2D eigenvalue weighted by atomic mass is 10.1. The van der Waals surface area contributed by atoms with Gasteiger partial charge in [-0.2, -0.15) is 0 Å². The highest BCUT2D eigenvalue weighted by Crippen LogP contribution is 2.26. The van der Waals surface area contributed by atoms with Crippen LogP contribution >= 0.6 is 12.2 Å². The van der Waals surface area contributed by atoms with Crippen LogP contribution < -0.4 is 10.6 Å². The van der Waals surface area contributed by atoms with Crippen molar-refractivity contribution in [1.82, 2.24) is 4.90 Å². The molecule has 6 heteroatoms. The molecule has 1 saturated heterocycles. The molecule has 0 radical (unpaired) electrons. The van der Waals surface area contributed by atoms with E-state index in [1.165, 1.54) is 12.1 Å². The topological polar surface area (TPSA) is 32.5 Å². The van der Waals surface area contributed by atoms with Crippen molar-refractivity contribution in [2.75, 3.05) is 37.6 Å². The van der Waals surface area contributed by atoms with E-state index < -0.39 is 11.6 Å². The zero-order valence-electron chi connectivity index (χ0n) is 12.4. The van der Waals surface area contributed by atoms with Crippen molar-refractivity contribution in [1.29, 1.82) is 0 Å². The molecular weight excluding hydrogens is 292 g/mol. The van der Waals surface area contributed by atoms with Crippen molar-refractivity contribution < 1.29 is 8.78 Å². The van der Waals surface area contributed by atoms with Crippen LogP contribution in [0.15, 0.2) is 12.1 Å². The molecule has 0 aromatic heterocycles. The smallest absolute Gasteiger partial charge is 0.150 e. The molecule has 0 aliphatic carbocycles. The highest BCUT2D eigenvalue weighted by molar-refractivity contribution is 7.80. The maximum atomic E-state index is 14.2. The molecule has 0 atom stereocenters. The predicted molar refractivity (Wildman–Crippen MR) is 85.7 cm³/mol. The van der Waals surface area contributed by atoms with Crippen LogP contribution in [0.5, 0.6) is 0 Å². The molecule has 1 heterocycles. The second-order valence-electron chi connectivity index (χ2n) is 5.83. The molecule has 1 aromatic rings. The third kappa shape index (κ3) is 3.89. The second kappa shape index (κ2) is 6.66. The van der Waals surface area contributed by atoms with Crippen LogP contribution in [0.2, 0.25) is 0 Å². The van der Waals surface area contributed by atoms with E-state index in [1.54, 1.807) is 4.90 Å². The van der Waals surface area contributed by atoms with Crippen LogP contribution in [0.1, 0.15) is 19.4 Å². The molecule has 0 bridgehead atoms. The maximum absolute atomic E-state index is 14.2. The van der Waals surface area contributed by atoms with Crippen LogP contribution in [-0.2, 0) is 0 Å². The van der Waals surface area contributed by atoms with Gasteiger partial charge in [0.1, 0.15) is 22.3 Å². The molecule has 1 aliphatic rings. The number of thiocarbonyl (C=S) groups is 1.